The van der Waals surface area contributed by atoms with E-state index in [4.69, 9.17) is 4.74 Å². The molecule has 3 fully saturated rings. The van der Waals surface area contributed by atoms with Gasteiger partial charge in [-0.1, -0.05) is 30.9 Å². The number of likely N-dealkylation sites (tertiary alicyclic amines) is 1. The minimum Gasteiger partial charge on any atom is -0.372 e. The first kappa shape index (κ1) is 14.3. The van der Waals surface area contributed by atoms with Crippen LogP contribution in [0.25, 0.3) is 0 Å². The van der Waals surface area contributed by atoms with Crippen LogP contribution in [0.3, 0.4) is 0 Å². The van der Waals surface area contributed by atoms with Gasteiger partial charge in [0.2, 0.25) is 0 Å². The van der Waals surface area contributed by atoms with Crippen LogP contribution in [0.4, 0.5) is 0 Å². The molecule has 21 heavy (non-hydrogen) atoms. The molecule has 0 aromatic heterocycles. The minimum absolute atomic E-state index is 0.494. The van der Waals surface area contributed by atoms with E-state index in [1.807, 2.05) is 5.57 Å². The van der Waals surface area contributed by atoms with Crippen molar-refractivity contribution in [1.82, 2.24) is 4.90 Å². The molecular formula is C19H31NO. The van der Waals surface area contributed by atoms with Crippen molar-refractivity contribution in [3.05, 3.63) is 11.6 Å². The number of hydrogen-bond acceptors (Lipinski definition) is 2. The Bertz CT molecular complexity index is 383. The molecule has 0 aromatic rings. The fraction of sp³-hybridized carbons (Fsp3) is 0.895. The summed E-state index contributed by atoms with van der Waals surface area (Å²) >= 11 is 0. The Morgan fingerprint density at radius 3 is 2.62 bits per heavy atom. The molecule has 0 N–H and O–H groups in total. The summed E-state index contributed by atoms with van der Waals surface area (Å²) in [4.78, 5) is 2.68. The van der Waals surface area contributed by atoms with E-state index in [1.165, 1.54) is 83.8 Å². The average molecular weight is 289 g/mol. The lowest BCUT2D eigenvalue weighted by Crippen LogP contribution is -2.50. The fourth-order valence-corrected chi connectivity index (χ4v) is 5.28. The second-order valence-electron chi connectivity index (χ2n) is 7.71. The molecule has 0 bridgehead atoms. The SMILES string of the molecule is C1=C2C3CCCCC3OC(CN3CCCCC3)C2CCC1. The molecule has 4 atom stereocenters. The van der Waals surface area contributed by atoms with Gasteiger partial charge in [0, 0.05) is 18.4 Å². The standard InChI is InChI=1S/C19H31NO/c1-6-12-20(13-7-1)14-19-17-10-3-2-8-15(17)16-9-4-5-11-18(16)21-19/h8,16-19H,1-7,9-14H2. The number of hydrogen-bond donors (Lipinski definition) is 0. The van der Waals surface area contributed by atoms with Crippen molar-refractivity contribution < 1.29 is 4.74 Å². The molecule has 0 spiro atoms. The van der Waals surface area contributed by atoms with Crippen molar-refractivity contribution >= 4 is 0 Å². The zero-order valence-electron chi connectivity index (χ0n) is 13.4. The predicted molar refractivity (Wildman–Crippen MR) is 86.3 cm³/mol. The third kappa shape index (κ3) is 2.94. The second kappa shape index (κ2) is 6.42. The zero-order valence-corrected chi connectivity index (χ0v) is 13.4. The highest BCUT2D eigenvalue weighted by Crippen LogP contribution is 2.46. The summed E-state index contributed by atoms with van der Waals surface area (Å²) in [5.41, 5.74) is 1.82. The molecule has 0 radical (unpaired) electrons. The maximum atomic E-state index is 6.68. The Morgan fingerprint density at radius 1 is 0.905 bits per heavy atom. The summed E-state index contributed by atoms with van der Waals surface area (Å²) in [7, 11) is 0. The van der Waals surface area contributed by atoms with Gasteiger partial charge in [0.25, 0.3) is 0 Å². The molecule has 2 aliphatic heterocycles. The summed E-state index contributed by atoms with van der Waals surface area (Å²) in [6.45, 7) is 3.81. The van der Waals surface area contributed by atoms with E-state index >= 15 is 0 Å². The second-order valence-corrected chi connectivity index (χ2v) is 7.71. The molecule has 4 rings (SSSR count). The van der Waals surface area contributed by atoms with Crippen molar-refractivity contribution in [1.29, 1.82) is 0 Å². The number of nitrogens with zero attached hydrogens (tertiary/aromatic N) is 1. The molecule has 1 saturated carbocycles. The van der Waals surface area contributed by atoms with Crippen LogP contribution in [0.5, 0.6) is 0 Å². The summed E-state index contributed by atoms with van der Waals surface area (Å²) < 4.78 is 6.68. The number of fused-ring (bicyclic) bond motifs is 3. The van der Waals surface area contributed by atoms with Gasteiger partial charge in [0.15, 0.2) is 0 Å². The quantitative estimate of drug-likeness (QED) is 0.708. The van der Waals surface area contributed by atoms with Crippen molar-refractivity contribution in [2.45, 2.75) is 76.4 Å². The lowest BCUT2D eigenvalue weighted by atomic mass is 9.69. The summed E-state index contributed by atoms with van der Waals surface area (Å²) in [6.07, 6.45) is 17.5. The predicted octanol–water partition coefficient (Wildman–Crippen LogP) is 4.16. The van der Waals surface area contributed by atoms with Gasteiger partial charge in [-0.05, 0) is 58.0 Å². The third-order valence-corrected chi connectivity index (χ3v) is 6.34. The molecule has 2 heterocycles. The maximum absolute atomic E-state index is 6.68. The van der Waals surface area contributed by atoms with E-state index in [0.717, 1.165) is 11.8 Å². The van der Waals surface area contributed by atoms with Crippen molar-refractivity contribution in [3.8, 4) is 0 Å². The zero-order chi connectivity index (χ0) is 14.1. The van der Waals surface area contributed by atoms with Crippen LogP contribution in [-0.2, 0) is 4.74 Å². The van der Waals surface area contributed by atoms with Crippen molar-refractivity contribution in [3.63, 3.8) is 0 Å². The molecule has 2 saturated heterocycles. The first-order valence-corrected chi connectivity index (χ1v) is 9.49. The number of ether oxygens (including phenoxy) is 1. The Kier molecular flexibility index (Phi) is 4.36. The average Bonchev–Trinajstić information content (AvgIpc) is 2.56. The van der Waals surface area contributed by atoms with Crippen LogP contribution in [-0.4, -0.2) is 36.7 Å². The molecule has 2 nitrogen and oxygen atoms in total. The molecule has 4 unspecified atom stereocenters. The van der Waals surface area contributed by atoms with Gasteiger partial charge in [-0.25, -0.2) is 0 Å². The highest BCUT2D eigenvalue weighted by atomic mass is 16.5. The van der Waals surface area contributed by atoms with Gasteiger partial charge in [0.1, 0.15) is 0 Å². The topological polar surface area (TPSA) is 12.5 Å². The molecule has 0 aromatic carbocycles. The van der Waals surface area contributed by atoms with Gasteiger partial charge < -0.3 is 9.64 Å². The largest absolute Gasteiger partial charge is 0.372 e. The fourth-order valence-electron chi connectivity index (χ4n) is 5.28. The van der Waals surface area contributed by atoms with E-state index < -0.39 is 0 Å². The van der Waals surface area contributed by atoms with Crippen molar-refractivity contribution in [2.75, 3.05) is 19.6 Å². The first-order chi connectivity index (χ1) is 10.4. The Hall–Kier alpha value is -0.340. The number of rotatable bonds is 2. The summed E-state index contributed by atoms with van der Waals surface area (Å²) in [5.74, 6) is 1.53. The smallest absolute Gasteiger partial charge is 0.0771 e. The van der Waals surface area contributed by atoms with Crippen LogP contribution in [0, 0.1) is 11.8 Å². The minimum atomic E-state index is 0.494. The van der Waals surface area contributed by atoms with Gasteiger partial charge in [-0.15, -0.1) is 0 Å². The van der Waals surface area contributed by atoms with Gasteiger partial charge in [0.05, 0.1) is 12.2 Å². The Morgan fingerprint density at radius 2 is 1.71 bits per heavy atom. The lowest BCUT2D eigenvalue weighted by Gasteiger charge is -2.48. The molecular weight excluding hydrogens is 258 g/mol. The van der Waals surface area contributed by atoms with E-state index in [9.17, 15) is 0 Å². The monoisotopic (exact) mass is 289 g/mol. The Labute approximate surface area is 129 Å². The van der Waals surface area contributed by atoms with Crippen molar-refractivity contribution in [2.24, 2.45) is 11.8 Å². The molecule has 2 heteroatoms. The van der Waals surface area contributed by atoms with Crippen LogP contribution in [0.15, 0.2) is 11.6 Å². The van der Waals surface area contributed by atoms with Crippen LogP contribution in [0.1, 0.15) is 64.2 Å². The summed E-state index contributed by atoms with van der Waals surface area (Å²) in [6, 6.07) is 0. The summed E-state index contributed by atoms with van der Waals surface area (Å²) in [5, 5.41) is 0. The molecule has 0 amide bonds. The van der Waals surface area contributed by atoms with E-state index in [2.05, 4.69) is 11.0 Å². The van der Waals surface area contributed by atoms with Crippen LogP contribution in [0.2, 0.25) is 0 Å². The van der Waals surface area contributed by atoms with Crippen LogP contribution >= 0.6 is 0 Å². The third-order valence-electron chi connectivity index (χ3n) is 6.34. The van der Waals surface area contributed by atoms with E-state index in [1.54, 1.807) is 0 Å². The maximum Gasteiger partial charge on any atom is 0.0771 e. The highest BCUT2D eigenvalue weighted by molar-refractivity contribution is 5.20. The van der Waals surface area contributed by atoms with Gasteiger partial charge in [-0.2, -0.15) is 0 Å². The number of allylic oxidation sites excluding steroid dienone is 1. The van der Waals surface area contributed by atoms with Gasteiger partial charge in [-0.3, -0.25) is 0 Å². The van der Waals surface area contributed by atoms with Gasteiger partial charge >= 0.3 is 0 Å². The Balaban J connectivity index is 1.50. The first-order valence-electron chi connectivity index (χ1n) is 9.49. The van der Waals surface area contributed by atoms with Crippen LogP contribution < -0.4 is 0 Å². The molecule has 2 aliphatic carbocycles. The highest BCUT2D eigenvalue weighted by Gasteiger charge is 2.43. The lowest BCUT2D eigenvalue weighted by molar-refractivity contribution is -0.114. The number of piperidine rings is 1. The molecule has 4 aliphatic rings. The van der Waals surface area contributed by atoms with E-state index in [0.29, 0.717) is 12.2 Å². The van der Waals surface area contributed by atoms with E-state index in [-0.39, 0.29) is 0 Å². The molecule has 118 valence electrons. The normalized spacial score (nSPS) is 41.0.